The van der Waals surface area contributed by atoms with Crippen molar-refractivity contribution in [1.29, 1.82) is 0 Å². The Morgan fingerprint density at radius 2 is 2.00 bits per heavy atom. The predicted octanol–water partition coefficient (Wildman–Crippen LogP) is 3.45. The lowest BCUT2D eigenvalue weighted by Gasteiger charge is -2.23. The van der Waals surface area contributed by atoms with Gasteiger partial charge in [-0.3, -0.25) is 4.90 Å². The minimum Gasteiger partial charge on any atom is -0.497 e. The van der Waals surface area contributed by atoms with Gasteiger partial charge in [0.2, 0.25) is 0 Å². The fraction of sp³-hybridized carbons (Fsp3) is 0.625. The Balaban J connectivity index is 2.74. The fourth-order valence-corrected chi connectivity index (χ4v) is 2.73. The van der Waals surface area contributed by atoms with Gasteiger partial charge in [-0.1, -0.05) is 26.3 Å². The van der Waals surface area contributed by atoms with Gasteiger partial charge in [0.1, 0.15) is 5.75 Å². The van der Waals surface area contributed by atoms with Gasteiger partial charge in [-0.15, -0.1) is 0 Å². The van der Waals surface area contributed by atoms with Crippen molar-refractivity contribution in [2.45, 2.75) is 39.7 Å². The SMILES string of the molecule is CCCCN(CCPO)Cc1ccc(OC)cc1CC. The number of hydrogen-bond donors (Lipinski definition) is 1. The van der Waals surface area contributed by atoms with Crippen molar-refractivity contribution in [3.8, 4) is 5.75 Å². The molecule has 1 aromatic rings. The number of methoxy groups -OCH3 is 1. The van der Waals surface area contributed by atoms with E-state index in [0.717, 1.165) is 38.0 Å². The van der Waals surface area contributed by atoms with Crippen LogP contribution in [0.4, 0.5) is 0 Å². The quantitative estimate of drug-likeness (QED) is 0.671. The van der Waals surface area contributed by atoms with E-state index >= 15 is 0 Å². The molecule has 0 amide bonds. The lowest BCUT2D eigenvalue weighted by molar-refractivity contribution is 0.275. The Hall–Kier alpha value is -0.630. The molecule has 1 atom stereocenters. The summed E-state index contributed by atoms with van der Waals surface area (Å²) in [5.41, 5.74) is 2.74. The van der Waals surface area contributed by atoms with Crippen molar-refractivity contribution in [3.05, 3.63) is 29.3 Å². The molecule has 1 rings (SSSR count). The highest BCUT2D eigenvalue weighted by atomic mass is 31.1. The molecule has 0 aliphatic heterocycles. The number of rotatable bonds is 10. The molecule has 3 nitrogen and oxygen atoms in total. The van der Waals surface area contributed by atoms with Crippen LogP contribution in [0.5, 0.6) is 5.75 Å². The van der Waals surface area contributed by atoms with Gasteiger partial charge in [0, 0.05) is 28.1 Å². The highest BCUT2D eigenvalue weighted by Crippen LogP contribution is 2.20. The maximum absolute atomic E-state index is 9.06. The van der Waals surface area contributed by atoms with Crippen molar-refractivity contribution in [1.82, 2.24) is 4.90 Å². The molecular formula is C16H28NO2P. The first-order valence-corrected chi connectivity index (χ1v) is 8.65. The van der Waals surface area contributed by atoms with Crippen LogP contribution < -0.4 is 4.74 Å². The molecule has 0 saturated carbocycles. The van der Waals surface area contributed by atoms with Crippen molar-refractivity contribution >= 4 is 8.81 Å². The van der Waals surface area contributed by atoms with E-state index in [1.807, 2.05) is 6.07 Å². The van der Waals surface area contributed by atoms with E-state index in [4.69, 9.17) is 9.63 Å². The molecular weight excluding hydrogens is 269 g/mol. The molecule has 20 heavy (non-hydrogen) atoms. The third-order valence-electron chi connectivity index (χ3n) is 3.56. The zero-order valence-electron chi connectivity index (χ0n) is 13.0. The molecule has 0 aliphatic rings. The summed E-state index contributed by atoms with van der Waals surface area (Å²) in [4.78, 5) is 11.5. The van der Waals surface area contributed by atoms with Crippen molar-refractivity contribution in [3.63, 3.8) is 0 Å². The highest BCUT2D eigenvalue weighted by Gasteiger charge is 2.09. The molecule has 0 radical (unpaired) electrons. The normalized spacial score (nSPS) is 11.7. The van der Waals surface area contributed by atoms with Gasteiger partial charge in [-0.05, 0) is 42.6 Å². The average molecular weight is 297 g/mol. The number of benzene rings is 1. The summed E-state index contributed by atoms with van der Waals surface area (Å²) in [7, 11) is 1.76. The summed E-state index contributed by atoms with van der Waals surface area (Å²) < 4.78 is 5.30. The summed E-state index contributed by atoms with van der Waals surface area (Å²) in [6.07, 6.45) is 4.32. The van der Waals surface area contributed by atoms with E-state index in [2.05, 4.69) is 30.9 Å². The van der Waals surface area contributed by atoms with E-state index in [0.29, 0.717) is 0 Å². The van der Waals surface area contributed by atoms with Crippen LogP contribution in [0.15, 0.2) is 18.2 Å². The minimum atomic E-state index is 0.0502. The first-order chi connectivity index (χ1) is 9.74. The minimum absolute atomic E-state index is 0.0502. The Morgan fingerprint density at radius 3 is 2.60 bits per heavy atom. The third-order valence-corrected chi connectivity index (χ3v) is 4.00. The zero-order valence-corrected chi connectivity index (χ0v) is 14.0. The molecule has 0 saturated heterocycles. The van der Waals surface area contributed by atoms with E-state index in [9.17, 15) is 0 Å². The second-order valence-corrected chi connectivity index (χ2v) is 5.84. The maximum atomic E-state index is 9.06. The molecule has 4 heteroatoms. The molecule has 0 aromatic heterocycles. The topological polar surface area (TPSA) is 32.7 Å². The monoisotopic (exact) mass is 297 g/mol. The molecule has 0 aliphatic carbocycles. The molecule has 0 heterocycles. The van der Waals surface area contributed by atoms with Crippen LogP contribution in [0.3, 0.4) is 0 Å². The van der Waals surface area contributed by atoms with Gasteiger partial charge in [0.05, 0.1) is 7.11 Å². The second-order valence-electron chi connectivity index (χ2n) is 5.03. The second kappa shape index (κ2) is 10.1. The van der Waals surface area contributed by atoms with Crippen molar-refractivity contribution < 1.29 is 9.63 Å². The van der Waals surface area contributed by atoms with Gasteiger partial charge in [-0.25, -0.2) is 0 Å². The Morgan fingerprint density at radius 1 is 1.20 bits per heavy atom. The number of aryl methyl sites for hydroxylation is 1. The van der Waals surface area contributed by atoms with Gasteiger partial charge in [0.25, 0.3) is 0 Å². The highest BCUT2D eigenvalue weighted by molar-refractivity contribution is 7.31. The molecule has 0 spiro atoms. The fourth-order valence-electron chi connectivity index (χ4n) is 2.31. The van der Waals surface area contributed by atoms with Crippen molar-refractivity contribution in [2.24, 2.45) is 0 Å². The first-order valence-electron chi connectivity index (χ1n) is 7.50. The Bertz CT molecular complexity index is 377. The van der Waals surface area contributed by atoms with Crippen molar-refractivity contribution in [2.75, 3.05) is 26.4 Å². The lowest BCUT2D eigenvalue weighted by Crippen LogP contribution is -2.27. The Kier molecular flexibility index (Phi) is 8.84. The Labute approximate surface area is 125 Å². The summed E-state index contributed by atoms with van der Waals surface area (Å²) in [6, 6.07) is 6.36. The molecule has 0 fully saturated rings. The molecule has 114 valence electrons. The van der Waals surface area contributed by atoms with Gasteiger partial charge in [-0.2, -0.15) is 0 Å². The summed E-state index contributed by atoms with van der Waals surface area (Å²) >= 11 is 0. The molecule has 1 N–H and O–H groups in total. The summed E-state index contributed by atoms with van der Waals surface area (Å²) in [5, 5.41) is 0. The van der Waals surface area contributed by atoms with Gasteiger partial charge >= 0.3 is 0 Å². The van der Waals surface area contributed by atoms with Crippen LogP contribution in [-0.2, 0) is 13.0 Å². The van der Waals surface area contributed by atoms with Gasteiger partial charge in [0.15, 0.2) is 0 Å². The summed E-state index contributed by atoms with van der Waals surface area (Å²) in [5.74, 6) is 0.933. The number of nitrogens with zero attached hydrogens (tertiary/aromatic N) is 1. The zero-order chi connectivity index (χ0) is 14.8. The molecule has 0 bridgehead atoms. The van der Waals surface area contributed by atoms with Crippen LogP contribution in [0.2, 0.25) is 0 Å². The van der Waals surface area contributed by atoms with Crippen LogP contribution >= 0.6 is 8.81 Å². The van der Waals surface area contributed by atoms with Gasteiger partial charge < -0.3 is 9.63 Å². The maximum Gasteiger partial charge on any atom is 0.119 e. The first kappa shape index (κ1) is 17.4. The van der Waals surface area contributed by atoms with E-state index < -0.39 is 0 Å². The number of hydrogen-bond acceptors (Lipinski definition) is 3. The van der Waals surface area contributed by atoms with Crippen LogP contribution in [0.1, 0.15) is 37.8 Å². The number of ether oxygens (including phenoxy) is 1. The standard InChI is InChI=1S/C16H28NO2P/c1-4-6-9-17(10-11-20-18)13-15-7-8-16(19-3)12-14(15)5-2/h7-8,12,18,20H,4-6,9-11,13H2,1-3H3. The molecule has 1 unspecified atom stereocenters. The van der Waals surface area contributed by atoms with Crippen LogP contribution in [0.25, 0.3) is 0 Å². The third kappa shape index (κ3) is 5.78. The lowest BCUT2D eigenvalue weighted by atomic mass is 10.0. The van der Waals surface area contributed by atoms with E-state index in [1.54, 1.807) is 7.11 Å². The van der Waals surface area contributed by atoms with E-state index in [-0.39, 0.29) is 8.81 Å². The average Bonchev–Trinajstić information content (AvgIpc) is 2.50. The van der Waals surface area contributed by atoms with E-state index in [1.165, 1.54) is 24.0 Å². The number of unbranched alkanes of at least 4 members (excludes halogenated alkanes) is 1. The smallest absolute Gasteiger partial charge is 0.119 e. The van der Waals surface area contributed by atoms with Crippen LogP contribution in [0, 0.1) is 0 Å². The predicted molar refractivity (Wildman–Crippen MR) is 88.0 cm³/mol. The largest absolute Gasteiger partial charge is 0.497 e. The summed E-state index contributed by atoms with van der Waals surface area (Å²) in [6.45, 7) is 7.46. The van der Waals surface area contributed by atoms with Crippen LogP contribution in [-0.4, -0.2) is 36.2 Å². The molecule has 1 aromatic carbocycles.